The molecule has 4 nitrogen and oxygen atoms in total. The molecular weight excluding hydrogens is 300 g/mol. The zero-order valence-corrected chi connectivity index (χ0v) is 14.4. The fourth-order valence-corrected chi connectivity index (χ4v) is 2.25. The molecule has 0 aliphatic heterocycles. The third-order valence-electron chi connectivity index (χ3n) is 3.25. The topological polar surface area (TPSA) is 41.6 Å². The van der Waals surface area contributed by atoms with E-state index < -0.39 is 0 Å². The van der Waals surface area contributed by atoms with Gasteiger partial charge in [-0.25, -0.2) is 4.79 Å². The van der Waals surface area contributed by atoms with Crippen molar-refractivity contribution in [2.75, 3.05) is 26.2 Å². The molecule has 5 heteroatoms. The lowest BCUT2D eigenvalue weighted by Gasteiger charge is -2.22. The van der Waals surface area contributed by atoms with Gasteiger partial charge in [0.1, 0.15) is 5.75 Å². The van der Waals surface area contributed by atoms with Gasteiger partial charge in [-0.1, -0.05) is 44.0 Å². The highest BCUT2D eigenvalue weighted by molar-refractivity contribution is 6.32. The second kappa shape index (κ2) is 11.2. The van der Waals surface area contributed by atoms with Crippen LogP contribution >= 0.6 is 11.6 Å². The number of rotatable bonds is 10. The highest BCUT2D eigenvalue weighted by Gasteiger charge is 2.10. The van der Waals surface area contributed by atoms with E-state index in [0.717, 1.165) is 38.8 Å². The normalized spacial score (nSPS) is 10.3. The Kier molecular flexibility index (Phi) is 9.47. The highest BCUT2D eigenvalue weighted by Crippen LogP contribution is 2.22. The predicted molar refractivity (Wildman–Crippen MR) is 91.7 cm³/mol. The number of amides is 2. The van der Waals surface area contributed by atoms with Gasteiger partial charge in [0.25, 0.3) is 0 Å². The summed E-state index contributed by atoms with van der Waals surface area (Å²) in [6, 6.07) is 7.42. The fraction of sp³-hybridized carbons (Fsp3) is 0.588. The molecule has 0 fully saturated rings. The van der Waals surface area contributed by atoms with Crippen molar-refractivity contribution in [3.05, 3.63) is 29.3 Å². The number of hydrogen-bond donors (Lipinski definition) is 1. The summed E-state index contributed by atoms with van der Waals surface area (Å²) in [7, 11) is 0. The smallest absolute Gasteiger partial charge is 0.317 e. The van der Waals surface area contributed by atoms with E-state index in [1.165, 1.54) is 0 Å². The molecule has 1 aromatic rings. The van der Waals surface area contributed by atoms with Gasteiger partial charge in [-0.05, 0) is 31.4 Å². The number of benzene rings is 1. The van der Waals surface area contributed by atoms with Gasteiger partial charge in [0, 0.05) is 19.6 Å². The quantitative estimate of drug-likeness (QED) is 0.650. The van der Waals surface area contributed by atoms with E-state index in [2.05, 4.69) is 19.2 Å². The molecule has 1 rings (SSSR count). The largest absolute Gasteiger partial charge is 0.492 e. The molecule has 0 unspecified atom stereocenters. The predicted octanol–water partition coefficient (Wildman–Crippen LogP) is 4.33. The average Bonchev–Trinajstić information content (AvgIpc) is 2.52. The van der Waals surface area contributed by atoms with Crippen molar-refractivity contribution in [2.45, 2.75) is 39.5 Å². The zero-order chi connectivity index (χ0) is 16.2. The Morgan fingerprint density at radius 3 is 2.64 bits per heavy atom. The van der Waals surface area contributed by atoms with E-state index in [9.17, 15) is 4.79 Å². The van der Waals surface area contributed by atoms with E-state index in [1.807, 2.05) is 23.1 Å². The molecule has 0 aromatic heterocycles. The van der Waals surface area contributed by atoms with E-state index in [-0.39, 0.29) is 6.03 Å². The number of urea groups is 1. The Labute approximate surface area is 138 Å². The number of carbonyl (C=O) groups excluding carboxylic acids is 1. The van der Waals surface area contributed by atoms with Crippen molar-refractivity contribution >= 4 is 17.6 Å². The van der Waals surface area contributed by atoms with Crippen molar-refractivity contribution in [3.63, 3.8) is 0 Å². The first-order chi connectivity index (χ1) is 10.7. The molecule has 124 valence electrons. The summed E-state index contributed by atoms with van der Waals surface area (Å²) in [5.41, 5.74) is 0. The summed E-state index contributed by atoms with van der Waals surface area (Å²) in [5.74, 6) is 0.686. The minimum atomic E-state index is 0.0213. The van der Waals surface area contributed by atoms with Crippen LogP contribution in [0, 0.1) is 0 Å². The van der Waals surface area contributed by atoms with Crippen LogP contribution in [0.15, 0.2) is 24.3 Å². The van der Waals surface area contributed by atoms with Crippen molar-refractivity contribution in [2.24, 2.45) is 0 Å². The van der Waals surface area contributed by atoms with Gasteiger partial charge in [0.05, 0.1) is 11.6 Å². The number of nitrogens with one attached hydrogen (secondary N) is 1. The Morgan fingerprint density at radius 1 is 1.18 bits per heavy atom. The SMILES string of the molecule is CCCCN(CCC)C(=O)NCCCOc1ccccc1Cl. The van der Waals surface area contributed by atoms with Crippen molar-refractivity contribution in [3.8, 4) is 5.75 Å². The summed E-state index contributed by atoms with van der Waals surface area (Å²) < 4.78 is 5.59. The number of carbonyl (C=O) groups is 1. The van der Waals surface area contributed by atoms with Crippen LogP contribution in [0.2, 0.25) is 5.02 Å². The van der Waals surface area contributed by atoms with Crippen LogP contribution < -0.4 is 10.1 Å². The molecule has 0 bridgehead atoms. The highest BCUT2D eigenvalue weighted by atomic mass is 35.5. The van der Waals surface area contributed by atoms with Gasteiger partial charge in [-0.3, -0.25) is 0 Å². The number of unbranched alkanes of at least 4 members (excludes halogenated alkanes) is 1. The molecule has 1 N–H and O–H groups in total. The van der Waals surface area contributed by atoms with E-state index in [0.29, 0.717) is 23.9 Å². The molecule has 0 saturated heterocycles. The summed E-state index contributed by atoms with van der Waals surface area (Å²) in [5, 5.41) is 3.56. The van der Waals surface area contributed by atoms with Gasteiger partial charge in [-0.15, -0.1) is 0 Å². The van der Waals surface area contributed by atoms with E-state index in [1.54, 1.807) is 6.07 Å². The second-order valence-electron chi connectivity index (χ2n) is 5.20. The summed E-state index contributed by atoms with van der Waals surface area (Å²) >= 11 is 6.01. The average molecular weight is 327 g/mol. The van der Waals surface area contributed by atoms with Crippen LogP contribution in [0.1, 0.15) is 39.5 Å². The number of hydrogen-bond acceptors (Lipinski definition) is 2. The standard InChI is InChI=1S/C17H27ClN2O2/c1-3-5-13-20(12-4-2)17(21)19-11-8-14-22-16-10-7-6-9-15(16)18/h6-7,9-10H,3-5,8,11-14H2,1-2H3,(H,19,21). The van der Waals surface area contributed by atoms with Gasteiger partial charge < -0.3 is 15.0 Å². The lowest BCUT2D eigenvalue weighted by atomic mass is 10.3. The minimum absolute atomic E-state index is 0.0213. The lowest BCUT2D eigenvalue weighted by molar-refractivity contribution is 0.196. The molecule has 0 aliphatic carbocycles. The van der Waals surface area contributed by atoms with Crippen molar-refractivity contribution in [1.82, 2.24) is 10.2 Å². The monoisotopic (exact) mass is 326 g/mol. The van der Waals surface area contributed by atoms with Crippen LogP contribution in [0.5, 0.6) is 5.75 Å². The molecule has 22 heavy (non-hydrogen) atoms. The zero-order valence-electron chi connectivity index (χ0n) is 13.6. The van der Waals surface area contributed by atoms with Crippen LogP contribution in [0.3, 0.4) is 0 Å². The molecule has 0 spiro atoms. The molecule has 0 radical (unpaired) electrons. The first-order valence-corrected chi connectivity index (χ1v) is 8.47. The Bertz CT molecular complexity index is 440. The van der Waals surface area contributed by atoms with Crippen LogP contribution in [-0.2, 0) is 0 Å². The molecule has 2 amide bonds. The molecule has 1 aromatic carbocycles. The maximum absolute atomic E-state index is 12.1. The van der Waals surface area contributed by atoms with E-state index >= 15 is 0 Å². The maximum Gasteiger partial charge on any atom is 0.317 e. The molecule has 0 saturated carbocycles. The van der Waals surface area contributed by atoms with E-state index in [4.69, 9.17) is 16.3 Å². The number of para-hydroxylation sites is 1. The maximum atomic E-state index is 12.1. The first-order valence-electron chi connectivity index (χ1n) is 8.09. The molecule has 0 heterocycles. The molecule has 0 atom stereocenters. The lowest BCUT2D eigenvalue weighted by Crippen LogP contribution is -2.41. The molecule has 0 aliphatic rings. The summed E-state index contributed by atoms with van der Waals surface area (Å²) in [6.45, 7) is 6.99. The van der Waals surface area contributed by atoms with Crippen LogP contribution in [0.25, 0.3) is 0 Å². The minimum Gasteiger partial charge on any atom is -0.492 e. The first kappa shape index (κ1) is 18.6. The fourth-order valence-electron chi connectivity index (χ4n) is 2.06. The summed E-state index contributed by atoms with van der Waals surface area (Å²) in [6.07, 6.45) is 3.87. The third kappa shape index (κ3) is 7.03. The van der Waals surface area contributed by atoms with Crippen LogP contribution in [0.4, 0.5) is 4.79 Å². The van der Waals surface area contributed by atoms with Gasteiger partial charge in [0.2, 0.25) is 0 Å². The molecular formula is C17H27ClN2O2. The summed E-state index contributed by atoms with van der Waals surface area (Å²) in [4.78, 5) is 14.0. The van der Waals surface area contributed by atoms with Gasteiger partial charge >= 0.3 is 6.03 Å². The Hall–Kier alpha value is -1.42. The van der Waals surface area contributed by atoms with Crippen molar-refractivity contribution < 1.29 is 9.53 Å². The third-order valence-corrected chi connectivity index (χ3v) is 3.57. The van der Waals surface area contributed by atoms with Gasteiger partial charge in [-0.2, -0.15) is 0 Å². The van der Waals surface area contributed by atoms with Gasteiger partial charge in [0.15, 0.2) is 0 Å². The Balaban J connectivity index is 2.22. The number of ether oxygens (including phenoxy) is 1. The van der Waals surface area contributed by atoms with Crippen molar-refractivity contribution in [1.29, 1.82) is 0 Å². The Morgan fingerprint density at radius 2 is 1.95 bits per heavy atom. The second-order valence-corrected chi connectivity index (χ2v) is 5.61. The number of halogens is 1. The number of nitrogens with zero attached hydrogens (tertiary/aromatic N) is 1. The van der Waals surface area contributed by atoms with Crippen LogP contribution in [-0.4, -0.2) is 37.2 Å².